The fourth-order valence-corrected chi connectivity index (χ4v) is 5.81. The Morgan fingerprint density at radius 2 is 2.30 bits per heavy atom. The zero-order valence-corrected chi connectivity index (χ0v) is 15.3. The Morgan fingerprint density at radius 1 is 1.55 bits per heavy atom. The summed E-state index contributed by atoms with van der Waals surface area (Å²) in [6.07, 6.45) is 1.83. The number of methoxy groups -OCH3 is 1. The molecule has 2 heterocycles. The van der Waals surface area contributed by atoms with E-state index in [2.05, 4.69) is 34.9 Å². The SMILES string of the molecule is COCCn1ncc(Br)c1C(N)C1CSC(C)C(C)S1. The molecule has 0 amide bonds. The zero-order chi connectivity index (χ0) is 14.7. The summed E-state index contributed by atoms with van der Waals surface area (Å²) in [5, 5.41) is 6.17. The van der Waals surface area contributed by atoms with E-state index in [1.807, 2.05) is 34.4 Å². The lowest BCUT2D eigenvalue weighted by molar-refractivity contribution is 0.182. The van der Waals surface area contributed by atoms with Gasteiger partial charge in [-0.3, -0.25) is 4.68 Å². The van der Waals surface area contributed by atoms with Crippen molar-refractivity contribution < 1.29 is 4.74 Å². The number of rotatable bonds is 5. The van der Waals surface area contributed by atoms with Crippen LogP contribution in [0.5, 0.6) is 0 Å². The average Bonchev–Trinajstić information content (AvgIpc) is 2.80. The van der Waals surface area contributed by atoms with Gasteiger partial charge >= 0.3 is 0 Å². The van der Waals surface area contributed by atoms with Crippen molar-refractivity contribution in [1.29, 1.82) is 0 Å². The summed E-state index contributed by atoms with van der Waals surface area (Å²) >= 11 is 7.60. The summed E-state index contributed by atoms with van der Waals surface area (Å²) in [4.78, 5) is 0. The molecule has 1 aliphatic rings. The van der Waals surface area contributed by atoms with Crippen molar-refractivity contribution in [2.24, 2.45) is 5.73 Å². The lowest BCUT2D eigenvalue weighted by Crippen LogP contribution is -2.35. The predicted octanol–water partition coefficient (Wildman–Crippen LogP) is 2.92. The van der Waals surface area contributed by atoms with Gasteiger partial charge in [0.1, 0.15) is 0 Å². The van der Waals surface area contributed by atoms with Crippen molar-refractivity contribution in [1.82, 2.24) is 9.78 Å². The summed E-state index contributed by atoms with van der Waals surface area (Å²) in [6.45, 7) is 5.97. The lowest BCUT2D eigenvalue weighted by Gasteiger charge is -2.34. The number of thioether (sulfide) groups is 2. The molecule has 1 saturated heterocycles. The van der Waals surface area contributed by atoms with E-state index in [9.17, 15) is 0 Å². The van der Waals surface area contributed by atoms with Gasteiger partial charge in [-0.1, -0.05) is 13.8 Å². The molecule has 114 valence electrons. The van der Waals surface area contributed by atoms with E-state index in [1.165, 1.54) is 0 Å². The minimum absolute atomic E-state index is 0.00354. The third-order valence-corrected chi connectivity index (χ3v) is 7.76. The highest BCUT2D eigenvalue weighted by atomic mass is 79.9. The predicted molar refractivity (Wildman–Crippen MR) is 91.5 cm³/mol. The van der Waals surface area contributed by atoms with Crippen LogP contribution < -0.4 is 5.73 Å². The molecule has 7 heteroatoms. The van der Waals surface area contributed by atoms with Crippen molar-refractivity contribution in [3.05, 3.63) is 16.4 Å². The fraction of sp³-hybridized carbons (Fsp3) is 0.769. The molecule has 4 atom stereocenters. The van der Waals surface area contributed by atoms with E-state index in [0.717, 1.165) is 22.5 Å². The molecule has 0 spiro atoms. The van der Waals surface area contributed by atoms with E-state index >= 15 is 0 Å². The van der Waals surface area contributed by atoms with Gasteiger partial charge in [0.25, 0.3) is 0 Å². The molecule has 0 radical (unpaired) electrons. The molecule has 0 saturated carbocycles. The van der Waals surface area contributed by atoms with Gasteiger partial charge < -0.3 is 10.5 Å². The maximum atomic E-state index is 6.53. The number of hydrogen-bond acceptors (Lipinski definition) is 5. The Balaban J connectivity index is 2.12. The Hall–Kier alpha value is 0.310. The molecule has 0 bridgehead atoms. The van der Waals surface area contributed by atoms with Crippen LogP contribution in [0.2, 0.25) is 0 Å². The number of nitrogens with two attached hydrogens (primary N) is 1. The van der Waals surface area contributed by atoms with Crippen LogP contribution >= 0.6 is 39.5 Å². The summed E-state index contributed by atoms with van der Waals surface area (Å²) in [6, 6.07) is -0.00354. The van der Waals surface area contributed by atoms with Crippen LogP contribution in [-0.4, -0.2) is 45.0 Å². The molecule has 4 nitrogen and oxygen atoms in total. The molecule has 2 rings (SSSR count). The third-order valence-electron chi connectivity index (χ3n) is 3.63. The summed E-state index contributed by atoms with van der Waals surface area (Å²) in [5.41, 5.74) is 7.61. The first-order valence-electron chi connectivity index (χ1n) is 6.77. The van der Waals surface area contributed by atoms with Crippen LogP contribution in [0.1, 0.15) is 25.6 Å². The van der Waals surface area contributed by atoms with Gasteiger partial charge in [-0.25, -0.2) is 0 Å². The minimum atomic E-state index is -0.00354. The molecule has 2 N–H and O–H groups in total. The van der Waals surface area contributed by atoms with Crippen molar-refractivity contribution in [3.63, 3.8) is 0 Å². The maximum Gasteiger partial charge on any atom is 0.0706 e. The molecule has 1 aromatic rings. The zero-order valence-electron chi connectivity index (χ0n) is 12.1. The fourth-order valence-electron chi connectivity index (χ4n) is 2.23. The second-order valence-corrected chi connectivity index (χ2v) is 8.92. The van der Waals surface area contributed by atoms with Crippen LogP contribution in [0.3, 0.4) is 0 Å². The van der Waals surface area contributed by atoms with Gasteiger partial charge in [0.15, 0.2) is 0 Å². The normalized spacial score (nSPS) is 28.6. The lowest BCUT2D eigenvalue weighted by atomic mass is 10.1. The molecule has 1 aromatic heterocycles. The summed E-state index contributed by atoms with van der Waals surface area (Å²) in [7, 11) is 1.70. The highest BCUT2D eigenvalue weighted by Crippen LogP contribution is 2.41. The van der Waals surface area contributed by atoms with Crippen LogP contribution in [0.15, 0.2) is 10.7 Å². The smallest absolute Gasteiger partial charge is 0.0706 e. The van der Waals surface area contributed by atoms with Crippen molar-refractivity contribution in [2.45, 2.75) is 42.2 Å². The van der Waals surface area contributed by atoms with Gasteiger partial charge in [-0.2, -0.15) is 28.6 Å². The van der Waals surface area contributed by atoms with Crippen molar-refractivity contribution in [3.8, 4) is 0 Å². The number of ether oxygens (including phenoxy) is 1. The van der Waals surface area contributed by atoms with Crippen LogP contribution in [0.4, 0.5) is 0 Å². The molecular weight excluding hydrogens is 358 g/mol. The first kappa shape index (κ1) is 16.7. The van der Waals surface area contributed by atoms with Crippen molar-refractivity contribution >= 4 is 39.5 Å². The van der Waals surface area contributed by atoms with Crippen molar-refractivity contribution in [2.75, 3.05) is 19.5 Å². The van der Waals surface area contributed by atoms with Gasteiger partial charge in [0.05, 0.1) is 35.6 Å². The van der Waals surface area contributed by atoms with Crippen LogP contribution in [-0.2, 0) is 11.3 Å². The quantitative estimate of drug-likeness (QED) is 0.851. The number of nitrogens with zero attached hydrogens (tertiary/aromatic N) is 2. The number of hydrogen-bond donors (Lipinski definition) is 1. The van der Waals surface area contributed by atoms with Crippen LogP contribution in [0, 0.1) is 0 Å². The third kappa shape index (κ3) is 3.74. The van der Waals surface area contributed by atoms with Gasteiger partial charge in [0, 0.05) is 28.6 Å². The average molecular weight is 380 g/mol. The topological polar surface area (TPSA) is 53.1 Å². The molecular formula is C13H22BrN3OS2. The summed E-state index contributed by atoms with van der Waals surface area (Å²) in [5.74, 6) is 1.10. The molecule has 20 heavy (non-hydrogen) atoms. The van der Waals surface area contributed by atoms with E-state index in [1.54, 1.807) is 7.11 Å². The number of aromatic nitrogens is 2. The van der Waals surface area contributed by atoms with E-state index in [0.29, 0.717) is 22.4 Å². The van der Waals surface area contributed by atoms with E-state index in [-0.39, 0.29) is 6.04 Å². The van der Waals surface area contributed by atoms with Gasteiger partial charge in [-0.05, 0) is 15.9 Å². The molecule has 4 unspecified atom stereocenters. The standard InChI is InChI=1S/C13H22BrN3OS2/c1-8-9(2)20-11(7-19-8)12(15)13-10(14)6-16-17(13)4-5-18-3/h6,8-9,11-12H,4-5,7,15H2,1-3H3. The monoisotopic (exact) mass is 379 g/mol. The number of halogens is 1. The Labute approximate surface area is 137 Å². The second kappa shape index (κ2) is 7.54. The largest absolute Gasteiger partial charge is 0.383 e. The Morgan fingerprint density at radius 3 is 2.95 bits per heavy atom. The summed E-state index contributed by atoms with van der Waals surface area (Å²) < 4.78 is 8.10. The second-order valence-electron chi connectivity index (χ2n) is 5.04. The molecule has 1 aliphatic heterocycles. The van der Waals surface area contributed by atoms with E-state index in [4.69, 9.17) is 10.5 Å². The molecule has 1 fully saturated rings. The first-order chi connectivity index (χ1) is 9.54. The first-order valence-corrected chi connectivity index (χ1v) is 9.55. The highest BCUT2D eigenvalue weighted by molar-refractivity contribution is 9.10. The molecule has 0 aromatic carbocycles. The van der Waals surface area contributed by atoms with Gasteiger partial charge in [0.2, 0.25) is 0 Å². The minimum Gasteiger partial charge on any atom is -0.383 e. The highest BCUT2D eigenvalue weighted by Gasteiger charge is 2.32. The Bertz CT molecular complexity index is 443. The Kier molecular flexibility index (Phi) is 6.28. The molecule has 0 aliphatic carbocycles. The van der Waals surface area contributed by atoms with E-state index < -0.39 is 0 Å². The maximum absolute atomic E-state index is 6.53. The van der Waals surface area contributed by atoms with Gasteiger partial charge in [-0.15, -0.1) is 0 Å². The van der Waals surface area contributed by atoms with Crippen LogP contribution in [0.25, 0.3) is 0 Å².